The van der Waals surface area contributed by atoms with Crippen LogP contribution < -0.4 is 10.6 Å². The number of amides is 1. The molecule has 3 aromatic heterocycles. The Bertz CT molecular complexity index is 1470. The smallest absolute Gasteiger partial charge is 0.383 e. The molecule has 0 unspecified atom stereocenters. The average Bonchev–Trinajstić information content (AvgIpc) is 3.60. The number of nitrogens with zero attached hydrogens (tertiary/aromatic N) is 5. The monoisotopic (exact) mass is 574 g/mol. The third-order valence-electron chi connectivity index (χ3n) is 6.76. The molecule has 3 N–H and O–H groups in total. The number of anilines is 2. The van der Waals surface area contributed by atoms with Gasteiger partial charge in [-0.3, -0.25) is 4.79 Å². The fourth-order valence-electron chi connectivity index (χ4n) is 4.67. The molecule has 0 radical (unpaired) electrons. The Morgan fingerprint density at radius 2 is 1.95 bits per heavy atom. The van der Waals surface area contributed by atoms with Crippen molar-refractivity contribution in [2.45, 2.75) is 50.9 Å². The summed E-state index contributed by atoms with van der Waals surface area (Å²) in [6.45, 7) is 2.12. The van der Waals surface area contributed by atoms with E-state index in [9.17, 15) is 23.1 Å². The lowest BCUT2D eigenvalue weighted by atomic mass is 9.79. The van der Waals surface area contributed by atoms with Crippen molar-refractivity contribution in [2.75, 3.05) is 4.90 Å². The largest absolute Gasteiger partial charge is 0.433 e. The number of hydrogen-bond acceptors (Lipinski definition) is 9. The molecular weight excluding hydrogens is 549 g/mol. The van der Waals surface area contributed by atoms with Crippen molar-refractivity contribution in [2.24, 2.45) is 11.7 Å². The van der Waals surface area contributed by atoms with Crippen molar-refractivity contribution in [1.82, 2.24) is 19.3 Å². The Morgan fingerprint density at radius 3 is 2.62 bits per heavy atom. The second kappa shape index (κ2) is 10.6. The standard InChI is InChI=1S/C26H25F3N6O2S2/c1-15-10-17(20-13-32-23(38-20)25(37)6-2-16(3-7-25)22(30)36)12-18(11-15)35(14-19-4-9-33-39-19)24-31-8-5-21(34-24)26(27,28)29/h4-5,8-13,16,37H,2-3,6-7,14H2,1H3,(H2,30,36). The number of nitrogens with two attached hydrogens (primary N) is 1. The van der Waals surface area contributed by atoms with Gasteiger partial charge in [0.25, 0.3) is 0 Å². The van der Waals surface area contributed by atoms with Crippen LogP contribution in [0.2, 0.25) is 0 Å². The molecule has 1 fully saturated rings. The third kappa shape index (κ3) is 5.94. The summed E-state index contributed by atoms with van der Waals surface area (Å²) in [5, 5.41) is 11.8. The van der Waals surface area contributed by atoms with Gasteiger partial charge in [-0.15, -0.1) is 11.3 Å². The van der Waals surface area contributed by atoms with Crippen LogP contribution >= 0.6 is 22.9 Å². The lowest BCUT2D eigenvalue weighted by molar-refractivity contribution is -0.141. The van der Waals surface area contributed by atoms with Crippen molar-refractivity contribution < 1.29 is 23.1 Å². The second-order valence-corrected chi connectivity index (χ2v) is 11.5. The first-order valence-corrected chi connectivity index (χ1v) is 13.8. The third-order valence-corrected chi connectivity index (χ3v) is 8.72. The van der Waals surface area contributed by atoms with Crippen LogP contribution in [0.25, 0.3) is 10.4 Å². The predicted octanol–water partition coefficient (Wildman–Crippen LogP) is 5.59. The number of aliphatic hydroxyl groups is 1. The molecule has 0 bridgehead atoms. The van der Waals surface area contributed by atoms with E-state index in [0.717, 1.165) is 33.1 Å². The molecule has 5 rings (SSSR count). The summed E-state index contributed by atoms with van der Waals surface area (Å²) in [5.41, 5.74) is 5.55. The van der Waals surface area contributed by atoms with Gasteiger partial charge in [-0.2, -0.15) is 13.2 Å². The fourth-order valence-corrected chi connectivity index (χ4v) is 6.29. The van der Waals surface area contributed by atoms with Crippen molar-refractivity contribution in [3.63, 3.8) is 0 Å². The summed E-state index contributed by atoms with van der Waals surface area (Å²) in [7, 11) is 0. The van der Waals surface area contributed by atoms with Gasteiger partial charge in [0.1, 0.15) is 16.3 Å². The van der Waals surface area contributed by atoms with Crippen LogP contribution in [-0.2, 0) is 23.1 Å². The molecule has 1 saturated carbocycles. The molecule has 0 spiro atoms. The lowest BCUT2D eigenvalue weighted by Gasteiger charge is -2.33. The van der Waals surface area contributed by atoms with Gasteiger partial charge in [-0.25, -0.2) is 19.3 Å². The number of hydrogen-bond donors (Lipinski definition) is 2. The van der Waals surface area contributed by atoms with Crippen LogP contribution in [0.5, 0.6) is 0 Å². The summed E-state index contributed by atoms with van der Waals surface area (Å²) in [6, 6.07) is 8.30. The number of aryl methyl sites for hydroxylation is 1. The lowest BCUT2D eigenvalue weighted by Crippen LogP contribution is -2.35. The van der Waals surface area contributed by atoms with E-state index in [1.54, 1.807) is 23.4 Å². The summed E-state index contributed by atoms with van der Waals surface area (Å²) in [5.74, 6) is -0.677. The van der Waals surface area contributed by atoms with Gasteiger partial charge < -0.3 is 15.7 Å². The summed E-state index contributed by atoms with van der Waals surface area (Å²) in [4.78, 5) is 27.3. The number of alkyl halides is 3. The molecule has 3 heterocycles. The van der Waals surface area contributed by atoms with Gasteiger partial charge >= 0.3 is 6.18 Å². The van der Waals surface area contributed by atoms with Gasteiger partial charge in [0.2, 0.25) is 11.9 Å². The number of benzene rings is 1. The first kappa shape index (κ1) is 27.2. The summed E-state index contributed by atoms with van der Waals surface area (Å²) >= 11 is 2.59. The molecular formula is C26H25F3N6O2S2. The topological polar surface area (TPSA) is 118 Å². The highest BCUT2D eigenvalue weighted by Gasteiger charge is 2.39. The minimum Gasteiger partial charge on any atom is -0.383 e. The maximum atomic E-state index is 13.4. The highest BCUT2D eigenvalue weighted by Crippen LogP contribution is 2.43. The van der Waals surface area contributed by atoms with Gasteiger partial charge in [0.15, 0.2) is 0 Å². The highest BCUT2D eigenvalue weighted by atomic mass is 32.1. The Hall–Kier alpha value is -3.42. The van der Waals surface area contributed by atoms with E-state index in [4.69, 9.17) is 5.73 Å². The number of halogens is 3. The van der Waals surface area contributed by atoms with E-state index in [-0.39, 0.29) is 24.3 Å². The van der Waals surface area contributed by atoms with E-state index in [2.05, 4.69) is 19.3 Å². The Kier molecular flexibility index (Phi) is 7.40. The van der Waals surface area contributed by atoms with Gasteiger partial charge in [-0.05, 0) is 79.5 Å². The maximum Gasteiger partial charge on any atom is 0.433 e. The molecule has 1 amide bonds. The van der Waals surface area contributed by atoms with E-state index in [0.29, 0.717) is 36.4 Å². The molecule has 4 aromatic rings. The second-order valence-electron chi connectivity index (χ2n) is 9.60. The molecule has 8 nitrogen and oxygen atoms in total. The van der Waals surface area contributed by atoms with Crippen molar-refractivity contribution in [3.05, 3.63) is 70.1 Å². The number of carbonyl (C=O) groups is 1. The maximum absolute atomic E-state index is 13.4. The van der Waals surface area contributed by atoms with E-state index >= 15 is 0 Å². The van der Waals surface area contributed by atoms with Crippen LogP contribution in [0.1, 0.15) is 46.8 Å². The predicted molar refractivity (Wildman–Crippen MR) is 142 cm³/mol. The highest BCUT2D eigenvalue weighted by molar-refractivity contribution is 7.15. The number of rotatable bonds is 7. The van der Waals surface area contributed by atoms with Crippen molar-refractivity contribution in [1.29, 1.82) is 0 Å². The zero-order chi connectivity index (χ0) is 27.8. The average molecular weight is 575 g/mol. The molecule has 13 heteroatoms. The Balaban J connectivity index is 1.49. The molecule has 0 saturated heterocycles. The van der Waals surface area contributed by atoms with E-state index in [1.165, 1.54) is 22.9 Å². The minimum atomic E-state index is -4.61. The fraction of sp³-hybridized carbons (Fsp3) is 0.346. The molecule has 204 valence electrons. The van der Waals surface area contributed by atoms with Crippen LogP contribution in [-0.4, -0.2) is 30.3 Å². The Morgan fingerprint density at radius 1 is 1.18 bits per heavy atom. The number of aromatic nitrogens is 4. The molecule has 1 aliphatic carbocycles. The summed E-state index contributed by atoms with van der Waals surface area (Å²) < 4.78 is 44.4. The van der Waals surface area contributed by atoms with Crippen LogP contribution in [0, 0.1) is 12.8 Å². The van der Waals surface area contributed by atoms with Gasteiger partial charge in [0.05, 0.1) is 11.4 Å². The SMILES string of the molecule is Cc1cc(-c2cnc(C3(O)CCC(C(N)=O)CC3)s2)cc(N(Cc2ccns2)c2nccc(C(F)(F)F)n2)c1. The zero-order valence-electron chi connectivity index (χ0n) is 20.9. The van der Waals surface area contributed by atoms with Crippen molar-refractivity contribution >= 4 is 40.4 Å². The number of carbonyl (C=O) groups excluding carboxylic acids is 1. The first-order valence-electron chi connectivity index (χ1n) is 12.2. The van der Waals surface area contributed by atoms with Crippen LogP contribution in [0.15, 0.2) is 48.9 Å². The van der Waals surface area contributed by atoms with Crippen molar-refractivity contribution in [3.8, 4) is 10.4 Å². The van der Waals surface area contributed by atoms with E-state index in [1.807, 2.05) is 25.1 Å². The van der Waals surface area contributed by atoms with E-state index < -0.39 is 17.5 Å². The first-order chi connectivity index (χ1) is 18.5. The normalized spacial score (nSPS) is 19.7. The number of thiazole rings is 1. The van der Waals surface area contributed by atoms with Crippen LogP contribution in [0.4, 0.5) is 24.8 Å². The summed E-state index contributed by atoms with van der Waals surface area (Å²) in [6.07, 6.45) is 1.59. The molecule has 1 aromatic carbocycles. The quantitative estimate of drug-likeness (QED) is 0.296. The molecule has 1 aliphatic rings. The minimum absolute atomic E-state index is 0.0831. The molecule has 0 atom stereocenters. The van der Waals surface area contributed by atoms with Crippen LogP contribution in [0.3, 0.4) is 0 Å². The van der Waals surface area contributed by atoms with Gasteiger partial charge in [-0.1, -0.05) is 6.07 Å². The number of primary amides is 1. The Labute approximate surface area is 230 Å². The molecule has 0 aliphatic heterocycles. The zero-order valence-corrected chi connectivity index (χ0v) is 22.5. The van der Waals surface area contributed by atoms with Gasteiger partial charge in [0, 0.05) is 35.1 Å². The molecule has 39 heavy (non-hydrogen) atoms.